The number of carbonyl (C=O) groups excluding carboxylic acids is 1. The van der Waals surface area contributed by atoms with Crippen molar-refractivity contribution >= 4 is 33.2 Å². The second-order valence-corrected chi connectivity index (χ2v) is 8.18. The van der Waals surface area contributed by atoms with E-state index in [9.17, 15) is 4.79 Å². The second-order valence-electron chi connectivity index (χ2n) is 7.26. The molecule has 1 N–H and O–H groups in total. The van der Waals surface area contributed by atoms with E-state index >= 15 is 0 Å². The number of amides is 1. The van der Waals surface area contributed by atoms with Crippen LogP contribution in [0.3, 0.4) is 0 Å². The normalized spacial score (nSPS) is 14.6. The van der Waals surface area contributed by atoms with E-state index in [2.05, 4.69) is 73.5 Å². The van der Waals surface area contributed by atoms with E-state index in [1.165, 1.54) is 11.3 Å². The molecular formula is C24H24BrN3O. The highest BCUT2D eigenvalue weighted by Gasteiger charge is 2.17. The van der Waals surface area contributed by atoms with Crippen LogP contribution in [-0.4, -0.2) is 37.0 Å². The molecular weight excluding hydrogens is 426 g/mol. The first kappa shape index (κ1) is 19.7. The van der Waals surface area contributed by atoms with Gasteiger partial charge in [0.05, 0.1) is 0 Å². The maximum Gasteiger partial charge on any atom is 0.255 e. The van der Waals surface area contributed by atoms with E-state index in [4.69, 9.17) is 0 Å². The Kier molecular flexibility index (Phi) is 6.27. The first-order valence-electron chi connectivity index (χ1n) is 9.85. The quantitative estimate of drug-likeness (QED) is 0.593. The first-order chi connectivity index (χ1) is 14.2. The van der Waals surface area contributed by atoms with Gasteiger partial charge in [-0.25, -0.2) is 0 Å². The summed E-state index contributed by atoms with van der Waals surface area (Å²) in [5.41, 5.74) is 4.01. The predicted molar refractivity (Wildman–Crippen MR) is 122 cm³/mol. The molecule has 1 aliphatic heterocycles. The van der Waals surface area contributed by atoms with E-state index in [1.54, 1.807) is 0 Å². The van der Waals surface area contributed by atoms with Gasteiger partial charge < -0.3 is 10.2 Å². The lowest BCUT2D eigenvalue weighted by atomic mass is 10.2. The summed E-state index contributed by atoms with van der Waals surface area (Å²) < 4.78 is 0.895. The Morgan fingerprint density at radius 1 is 0.862 bits per heavy atom. The Balaban J connectivity index is 1.31. The lowest BCUT2D eigenvalue weighted by Gasteiger charge is -2.36. The van der Waals surface area contributed by atoms with Crippen LogP contribution < -0.4 is 10.2 Å². The molecule has 4 rings (SSSR count). The molecule has 3 aromatic carbocycles. The molecule has 148 valence electrons. The molecule has 0 spiro atoms. The van der Waals surface area contributed by atoms with Gasteiger partial charge in [0.25, 0.3) is 5.91 Å². The molecule has 0 aliphatic carbocycles. The van der Waals surface area contributed by atoms with E-state index < -0.39 is 0 Å². The van der Waals surface area contributed by atoms with Gasteiger partial charge in [-0.3, -0.25) is 9.69 Å². The van der Waals surface area contributed by atoms with Gasteiger partial charge in [0.2, 0.25) is 0 Å². The summed E-state index contributed by atoms with van der Waals surface area (Å²) in [5, 5.41) is 2.96. The molecule has 3 aromatic rings. The van der Waals surface area contributed by atoms with Crippen LogP contribution in [0.4, 0.5) is 11.4 Å². The van der Waals surface area contributed by atoms with Gasteiger partial charge in [0.15, 0.2) is 0 Å². The number of piperazine rings is 1. The van der Waals surface area contributed by atoms with Gasteiger partial charge in [-0.05, 0) is 48.0 Å². The molecule has 29 heavy (non-hydrogen) atoms. The minimum atomic E-state index is -0.103. The predicted octanol–water partition coefficient (Wildman–Crippen LogP) is 5.02. The smallest absolute Gasteiger partial charge is 0.255 e. The number of hydrogen-bond donors (Lipinski definition) is 1. The monoisotopic (exact) mass is 449 g/mol. The SMILES string of the molecule is O=C(Nc1ccc(N2CCN(Cc3ccccc3)CC2)cc1)c1cccc(Br)c1. The van der Waals surface area contributed by atoms with Crippen molar-refractivity contribution in [2.45, 2.75) is 6.54 Å². The van der Waals surface area contributed by atoms with Crippen molar-refractivity contribution in [1.82, 2.24) is 4.90 Å². The maximum atomic E-state index is 12.4. The Morgan fingerprint density at radius 2 is 1.59 bits per heavy atom. The fourth-order valence-electron chi connectivity index (χ4n) is 3.59. The Labute approximate surface area is 180 Å². The van der Waals surface area contributed by atoms with Crippen LogP contribution in [0.1, 0.15) is 15.9 Å². The summed E-state index contributed by atoms with van der Waals surface area (Å²) in [7, 11) is 0. The van der Waals surface area contributed by atoms with Crippen LogP contribution >= 0.6 is 15.9 Å². The van der Waals surface area contributed by atoms with Crippen molar-refractivity contribution in [3.05, 3.63) is 94.5 Å². The van der Waals surface area contributed by atoms with Crippen molar-refractivity contribution in [1.29, 1.82) is 0 Å². The average molecular weight is 450 g/mol. The van der Waals surface area contributed by atoms with Crippen molar-refractivity contribution < 1.29 is 4.79 Å². The fraction of sp³-hybridized carbons (Fsp3) is 0.208. The van der Waals surface area contributed by atoms with Crippen LogP contribution in [0.2, 0.25) is 0 Å². The average Bonchev–Trinajstić information content (AvgIpc) is 2.76. The Bertz CT molecular complexity index is 951. The number of hydrogen-bond acceptors (Lipinski definition) is 3. The molecule has 0 bridgehead atoms. The molecule has 0 radical (unpaired) electrons. The molecule has 1 aliphatic rings. The fourth-order valence-corrected chi connectivity index (χ4v) is 3.99. The zero-order valence-corrected chi connectivity index (χ0v) is 17.8. The number of carbonyl (C=O) groups is 1. The van der Waals surface area contributed by atoms with Gasteiger partial charge in [0, 0.05) is 54.1 Å². The van der Waals surface area contributed by atoms with Crippen LogP contribution in [0, 0.1) is 0 Å². The minimum Gasteiger partial charge on any atom is -0.369 e. The lowest BCUT2D eigenvalue weighted by molar-refractivity contribution is 0.102. The van der Waals surface area contributed by atoms with Gasteiger partial charge in [-0.2, -0.15) is 0 Å². The van der Waals surface area contributed by atoms with Crippen LogP contribution in [0.25, 0.3) is 0 Å². The molecule has 1 heterocycles. The molecule has 5 heteroatoms. The number of anilines is 2. The Morgan fingerprint density at radius 3 is 2.28 bits per heavy atom. The molecule has 0 aromatic heterocycles. The van der Waals surface area contributed by atoms with Crippen molar-refractivity contribution in [2.75, 3.05) is 36.4 Å². The molecule has 0 unspecified atom stereocenters. The van der Waals surface area contributed by atoms with E-state index in [-0.39, 0.29) is 5.91 Å². The molecule has 1 amide bonds. The third kappa shape index (κ3) is 5.25. The highest BCUT2D eigenvalue weighted by atomic mass is 79.9. The zero-order chi connectivity index (χ0) is 20.1. The standard InChI is InChI=1S/C24H24BrN3O/c25-21-8-4-7-20(17-21)24(29)26-22-9-11-23(12-10-22)28-15-13-27(14-16-28)18-19-5-2-1-3-6-19/h1-12,17H,13-16,18H2,(H,26,29). The van der Waals surface area contributed by atoms with Gasteiger partial charge >= 0.3 is 0 Å². The van der Waals surface area contributed by atoms with Crippen molar-refractivity contribution in [2.24, 2.45) is 0 Å². The minimum absolute atomic E-state index is 0.103. The van der Waals surface area contributed by atoms with Crippen LogP contribution in [-0.2, 0) is 6.54 Å². The summed E-state index contributed by atoms with van der Waals surface area (Å²) in [6.07, 6.45) is 0. The molecule has 1 fully saturated rings. The maximum absolute atomic E-state index is 12.4. The molecule has 1 saturated heterocycles. The summed E-state index contributed by atoms with van der Waals surface area (Å²) in [4.78, 5) is 17.3. The second kappa shape index (κ2) is 9.25. The molecule has 4 nitrogen and oxygen atoms in total. The van der Waals surface area contributed by atoms with Crippen molar-refractivity contribution in [3.8, 4) is 0 Å². The van der Waals surface area contributed by atoms with Crippen molar-refractivity contribution in [3.63, 3.8) is 0 Å². The number of halogens is 1. The third-order valence-corrected chi connectivity index (χ3v) is 5.69. The highest BCUT2D eigenvalue weighted by Crippen LogP contribution is 2.21. The Hall–Kier alpha value is -2.63. The highest BCUT2D eigenvalue weighted by molar-refractivity contribution is 9.10. The van der Waals surface area contributed by atoms with Gasteiger partial charge in [-0.15, -0.1) is 0 Å². The number of rotatable bonds is 5. The van der Waals surface area contributed by atoms with Crippen LogP contribution in [0.15, 0.2) is 83.3 Å². The summed E-state index contributed by atoms with van der Waals surface area (Å²) in [6, 6.07) is 26.2. The third-order valence-electron chi connectivity index (χ3n) is 5.20. The number of nitrogens with one attached hydrogen (secondary N) is 1. The molecule has 0 atom stereocenters. The largest absolute Gasteiger partial charge is 0.369 e. The van der Waals surface area contributed by atoms with E-state index in [1.807, 2.05) is 36.4 Å². The number of nitrogens with zero attached hydrogens (tertiary/aromatic N) is 2. The zero-order valence-electron chi connectivity index (χ0n) is 16.2. The van der Waals surface area contributed by atoms with Gasteiger partial charge in [-0.1, -0.05) is 52.3 Å². The van der Waals surface area contributed by atoms with E-state index in [0.717, 1.165) is 42.9 Å². The lowest BCUT2D eigenvalue weighted by Crippen LogP contribution is -2.45. The van der Waals surface area contributed by atoms with Crippen LogP contribution in [0.5, 0.6) is 0 Å². The van der Waals surface area contributed by atoms with E-state index in [0.29, 0.717) is 5.56 Å². The van der Waals surface area contributed by atoms with Gasteiger partial charge in [0.1, 0.15) is 0 Å². The number of benzene rings is 3. The molecule has 0 saturated carbocycles. The summed E-state index contributed by atoms with van der Waals surface area (Å²) in [5.74, 6) is -0.103. The topological polar surface area (TPSA) is 35.6 Å². The summed E-state index contributed by atoms with van der Waals surface area (Å²) >= 11 is 3.40. The first-order valence-corrected chi connectivity index (χ1v) is 10.6. The summed E-state index contributed by atoms with van der Waals surface area (Å²) in [6.45, 7) is 5.13.